The van der Waals surface area contributed by atoms with Crippen molar-refractivity contribution < 1.29 is 17.9 Å². The van der Waals surface area contributed by atoms with Crippen molar-refractivity contribution in [2.24, 2.45) is 0 Å². The molecule has 0 saturated carbocycles. The molecule has 7 heteroatoms. The molecule has 1 aromatic carbocycles. The molecule has 0 unspecified atom stereocenters. The van der Waals surface area contributed by atoms with Crippen LogP contribution in [0.25, 0.3) is 0 Å². The second-order valence-electron chi connectivity index (χ2n) is 3.81. The molecule has 0 heterocycles. The van der Waals surface area contributed by atoms with Gasteiger partial charge in [0, 0.05) is 18.3 Å². The van der Waals surface area contributed by atoms with Gasteiger partial charge in [-0.15, -0.1) is 13.2 Å². The Kier molecular flexibility index (Phi) is 5.88. The number of hydrogen-bond donors (Lipinski definition) is 2. The highest BCUT2D eigenvalue weighted by Crippen LogP contribution is 2.24. The quantitative estimate of drug-likeness (QED) is 0.641. The number of alkyl halides is 3. The SMILES string of the molecule is CCCCNC(=S)Nc1cccc(OC(F)(F)F)c1. The van der Waals surface area contributed by atoms with E-state index in [2.05, 4.69) is 22.3 Å². The molecule has 1 rings (SSSR count). The summed E-state index contributed by atoms with van der Waals surface area (Å²) >= 11 is 5.02. The highest BCUT2D eigenvalue weighted by atomic mass is 32.1. The Balaban J connectivity index is 2.54. The second-order valence-corrected chi connectivity index (χ2v) is 4.22. The summed E-state index contributed by atoms with van der Waals surface area (Å²) in [7, 11) is 0. The topological polar surface area (TPSA) is 33.3 Å². The molecule has 0 aliphatic heterocycles. The number of rotatable bonds is 5. The first-order valence-electron chi connectivity index (χ1n) is 5.81. The molecule has 19 heavy (non-hydrogen) atoms. The molecule has 3 nitrogen and oxygen atoms in total. The number of unbranched alkanes of at least 4 members (excludes halogenated alkanes) is 1. The van der Waals surface area contributed by atoms with Gasteiger partial charge in [-0.2, -0.15) is 0 Å². The smallest absolute Gasteiger partial charge is 0.406 e. The Morgan fingerprint density at radius 3 is 2.74 bits per heavy atom. The molecule has 0 aromatic heterocycles. The molecule has 0 atom stereocenters. The number of hydrogen-bond acceptors (Lipinski definition) is 2. The van der Waals surface area contributed by atoms with Gasteiger partial charge in [-0.3, -0.25) is 0 Å². The predicted octanol–water partition coefficient (Wildman–Crippen LogP) is 3.67. The molecular formula is C12H15F3N2OS. The molecule has 0 saturated heterocycles. The molecule has 0 spiro atoms. The van der Waals surface area contributed by atoms with E-state index in [4.69, 9.17) is 12.2 Å². The van der Waals surface area contributed by atoms with Gasteiger partial charge in [0.1, 0.15) is 5.75 Å². The molecule has 0 fully saturated rings. The zero-order valence-corrected chi connectivity index (χ0v) is 11.2. The highest BCUT2D eigenvalue weighted by Gasteiger charge is 2.31. The summed E-state index contributed by atoms with van der Waals surface area (Å²) in [5, 5.41) is 6.13. The summed E-state index contributed by atoms with van der Waals surface area (Å²) in [5.74, 6) is -0.283. The first-order chi connectivity index (χ1) is 8.90. The first kappa shape index (κ1) is 15.6. The lowest BCUT2D eigenvalue weighted by molar-refractivity contribution is -0.274. The van der Waals surface area contributed by atoms with Crippen molar-refractivity contribution in [1.82, 2.24) is 5.32 Å². The van der Waals surface area contributed by atoms with Gasteiger partial charge in [-0.25, -0.2) is 0 Å². The van der Waals surface area contributed by atoms with E-state index in [-0.39, 0.29) is 5.75 Å². The van der Waals surface area contributed by atoms with E-state index in [0.717, 1.165) is 19.4 Å². The number of halogens is 3. The molecule has 0 aliphatic rings. The largest absolute Gasteiger partial charge is 0.573 e. The fourth-order valence-corrected chi connectivity index (χ4v) is 1.54. The average Bonchev–Trinajstić information content (AvgIpc) is 2.27. The van der Waals surface area contributed by atoms with Crippen LogP contribution in [0.3, 0.4) is 0 Å². The van der Waals surface area contributed by atoms with Crippen LogP contribution in [0.2, 0.25) is 0 Å². The average molecular weight is 292 g/mol. The fourth-order valence-electron chi connectivity index (χ4n) is 1.32. The van der Waals surface area contributed by atoms with Gasteiger partial charge >= 0.3 is 6.36 Å². The zero-order chi connectivity index (χ0) is 14.3. The minimum atomic E-state index is -4.70. The molecule has 2 N–H and O–H groups in total. The lowest BCUT2D eigenvalue weighted by Gasteiger charge is -2.12. The van der Waals surface area contributed by atoms with E-state index < -0.39 is 6.36 Å². The molecule has 0 aliphatic carbocycles. The van der Waals surface area contributed by atoms with Crippen molar-refractivity contribution in [1.29, 1.82) is 0 Å². The highest BCUT2D eigenvalue weighted by molar-refractivity contribution is 7.80. The van der Waals surface area contributed by atoms with E-state index in [1.807, 2.05) is 0 Å². The first-order valence-corrected chi connectivity index (χ1v) is 6.22. The monoisotopic (exact) mass is 292 g/mol. The van der Waals surface area contributed by atoms with Crippen molar-refractivity contribution in [2.75, 3.05) is 11.9 Å². The lowest BCUT2D eigenvalue weighted by Crippen LogP contribution is -2.29. The van der Waals surface area contributed by atoms with Gasteiger partial charge in [-0.1, -0.05) is 19.4 Å². The lowest BCUT2D eigenvalue weighted by atomic mass is 10.3. The van der Waals surface area contributed by atoms with Crippen molar-refractivity contribution in [3.8, 4) is 5.75 Å². The summed E-state index contributed by atoms with van der Waals surface area (Å²) in [4.78, 5) is 0. The van der Waals surface area contributed by atoms with E-state index in [1.165, 1.54) is 18.2 Å². The van der Waals surface area contributed by atoms with Crippen molar-refractivity contribution in [2.45, 2.75) is 26.1 Å². The molecule has 0 bridgehead atoms. The van der Waals surface area contributed by atoms with E-state index >= 15 is 0 Å². The number of benzene rings is 1. The van der Waals surface area contributed by atoms with Crippen LogP contribution in [0, 0.1) is 0 Å². The van der Waals surface area contributed by atoms with Crippen LogP contribution in [-0.2, 0) is 0 Å². The van der Waals surface area contributed by atoms with Gasteiger partial charge in [0.25, 0.3) is 0 Å². The van der Waals surface area contributed by atoms with Crippen LogP contribution in [-0.4, -0.2) is 18.0 Å². The molecule has 106 valence electrons. The van der Waals surface area contributed by atoms with E-state index in [9.17, 15) is 13.2 Å². The summed E-state index contributed by atoms with van der Waals surface area (Å²) in [5.41, 5.74) is 0.441. The van der Waals surface area contributed by atoms with Gasteiger partial charge in [-0.05, 0) is 30.8 Å². The Morgan fingerprint density at radius 2 is 2.11 bits per heavy atom. The van der Waals surface area contributed by atoms with Crippen LogP contribution in [0.1, 0.15) is 19.8 Å². The molecular weight excluding hydrogens is 277 g/mol. The fraction of sp³-hybridized carbons (Fsp3) is 0.417. The van der Waals surface area contributed by atoms with Crippen LogP contribution in [0.15, 0.2) is 24.3 Å². The third kappa shape index (κ3) is 6.85. The van der Waals surface area contributed by atoms with Crippen molar-refractivity contribution >= 4 is 23.0 Å². The Morgan fingerprint density at radius 1 is 1.37 bits per heavy atom. The van der Waals surface area contributed by atoms with Gasteiger partial charge in [0.05, 0.1) is 0 Å². The van der Waals surface area contributed by atoms with E-state index in [0.29, 0.717) is 10.8 Å². The number of nitrogens with one attached hydrogen (secondary N) is 2. The maximum atomic E-state index is 12.1. The standard InChI is InChI=1S/C12H15F3N2OS/c1-2-3-7-16-11(19)17-9-5-4-6-10(8-9)18-12(13,14)15/h4-6,8H,2-3,7H2,1H3,(H2,16,17,19). The van der Waals surface area contributed by atoms with Crippen molar-refractivity contribution in [3.05, 3.63) is 24.3 Å². The number of ether oxygens (including phenoxy) is 1. The Hall–Kier alpha value is -1.50. The summed E-state index contributed by atoms with van der Waals surface area (Å²) in [6.07, 6.45) is -2.69. The maximum absolute atomic E-state index is 12.1. The van der Waals surface area contributed by atoms with Gasteiger partial charge in [0.15, 0.2) is 5.11 Å². The minimum absolute atomic E-state index is 0.283. The van der Waals surface area contributed by atoms with Crippen LogP contribution in [0.5, 0.6) is 5.75 Å². The van der Waals surface area contributed by atoms with Crippen molar-refractivity contribution in [3.63, 3.8) is 0 Å². The molecule has 0 radical (unpaired) electrons. The zero-order valence-electron chi connectivity index (χ0n) is 10.4. The minimum Gasteiger partial charge on any atom is -0.406 e. The third-order valence-corrected chi connectivity index (χ3v) is 2.39. The normalized spacial score (nSPS) is 10.9. The summed E-state index contributed by atoms with van der Waals surface area (Å²) in [6.45, 7) is 2.77. The van der Waals surface area contributed by atoms with Crippen LogP contribution in [0.4, 0.5) is 18.9 Å². The van der Waals surface area contributed by atoms with Crippen LogP contribution < -0.4 is 15.4 Å². The Labute approximate surface area is 115 Å². The third-order valence-electron chi connectivity index (χ3n) is 2.14. The molecule has 0 amide bonds. The second kappa shape index (κ2) is 7.18. The van der Waals surface area contributed by atoms with E-state index in [1.54, 1.807) is 6.07 Å². The number of anilines is 1. The Bertz CT molecular complexity index is 424. The molecule has 1 aromatic rings. The summed E-state index contributed by atoms with van der Waals surface area (Å²) < 4.78 is 40.0. The summed E-state index contributed by atoms with van der Waals surface area (Å²) in [6, 6.07) is 5.53. The predicted molar refractivity (Wildman–Crippen MR) is 72.3 cm³/mol. The van der Waals surface area contributed by atoms with Crippen LogP contribution >= 0.6 is 12.2 Å². The van der Waals surface area contributed by atoms with Gasteiger partial charge in [0.2, 0.25) is 0 Å². The maximum Gasteiger partial charge on any atom is 0.573 e. The number of thiocarbonyl (C=S) groups is 1. The van der Waals surface area contributed by atoms with Gasteiger partial charge < -0.3 is 15.4 Å².